The number of carbonyl (C=O) groups excluding carboxylic acids is 2. The predicted octanol–water partition coefficient (Wildman–Crippen LogP) is 4.24. The number of hydrogen-bond donors (Lipinski definition) is 2. The third kappa shape index (κ3) is 4.06. The largest absolute Gasteiger partial charge is 0.347 e. The van der Waals surface area contributed by atoms with Gasteiger partial charge in [-0.15, -0.1) is 0 Å². The lowest BCUT2D eigenvalue weighted by Crippen LogP contribution is -2.33. The van der Waals surface area contributed by atoms with E-state index in [9.17, 15) is 9.59 Å². The average molecular weight is 378 g/mol. The smallest absolute Gasteiger partial charge is 0.287 e. The molecule has 1 aromatic carbocycles. The normalized spacial score (nSPS) is 12.2. The van der Waals surface area contributed by atoms with E-state index in [4.69, 9.17) is 0 Å². The minimum absolute atomic E-state index is 0.0281. The fourth-order valence-electron chi connectivity index (χ4n) is 2.90. The molecule has 1 unspecified atom stereocenters. The molecule has 0 saturated carbocycles. The Morgan fingerprint density at radius 1 is 1.04 bits per heavy atom. The molecule has 2 heterocycles. The van der Waals surface area contributed by atoms with Gasteiger partial charge >= 0.3 is 0 Å². The molecule has 0 aliphatic carbocycles. The van der Waals surface area contributed by atoms with Crippen LogP contribution in [0.3, 0.4) is 0 Å². The van der Waals surface area contributed by atoms with Gasteiger partial charge in [0, 0.05) is 17.9 Å². The van der Waals surface area contributed by atoms with E-state index in [0.717, 1.165) is 6.42 Å². The Morgan fingerprint density at radius 2 is 1.75 bits per heavy atom. The summed E-state index contributed by atoms with van der Waals surface area (Å²) in [5.74, 6) is -0.0101. The summed E-state index contributed by atoms with van der Waals surface area (Å²) in [6, 6.07) is 13.2. The van der Waals surface area contributed by atoms with Crippen LogP contribution in [0.1, 0.15) is 66.7 Å². The van der Waals surface area contributed by atoms with Gasteiger partial charge in [0.2, 0.25) is 5.82 Å². The number of benzene rings is 1. The Bertz CT molecular complexity index is 989. The van der Waals surface area contributed by atoms with Crippen molar-refractivity contribution in [2.24, 2.45) is 0 Å². The number of amides is 2. The Hall–Kier alpha value is -3.15. The molecule has 6 nitrogen and oxygen atoms in total. The molecular weight excluding hydrogens is 352 g/mol. The Labute approximate surface area is 165 Å². The molecule has 0 bridgehead atoms. The van der Waals surface area contributed by atoms with Gasteiger partial charge in [-0.3, -0.25) is 14.0 Å². The first-order chi connectivity index (χ1) is 13.4. The van der Waals surface area contributed by atoms with Crippen molar-refractivity contribution in [2.45, 2.75) is 46.1 Å². The van der Waals surface area contributed by atoms with E-state index in [2.05, 4.69) is 29.5 Å². The monoisotopic (exact) mass is 378 g/mol. The maximum Gasteiger partial charge on any atom is 0.287 e. The van der Waals surface area contributed by atoms with Gasteiger partial charge in [0.25, 0.3) is 11.8 Å². The number of rotatable bonds is 6. The van der Waals surface area contributed by atoms with Crippen LogP contribution in [0.15, 0.2) is 48.7 Å². The van der Waals surface area contributed by atoms with Crippen LogP contribution in [-0.2, 0) is 0 Å². The maximum atomic E-state index is 12.8. The molecule has 28 heavy (non-hydrogen) atoms. The first-order valence-corrected chi connectivity index (χ1v) is 9.60. The number of imidazole rings is 1. The highest BCUT2D eigenvalue weighted by molar-refractivity contribution is 6.08. The second kappa shape index (κ2) is 8.25. The molecule has 0 aliphatic rings. The lowest BCUT2D eigenvalue weighted by atomic mass is 10.0. The van der Waals surface area contributed by atoms with E-state index in [1.165, 1.54) is 5.56 Å². The number of aromatic nitrogens is 2. The van der Waals surface area contributed by atoms with E-state index in [1.54, 1.807) is 22.7 Å². The van der Waals surface area contributed by atoms with Gasteiger partial charge in [-0.05, 0) is 49.1 Å². The van der Waals surface area contributed by atoms with Crippen LogP contribution < -0.4 is 10.6 Å². The molecule has 3 rings (SSSR count). The molecule has 1 atom stereocenters. The summed E-state index contributed by atoms with van der Waals surface area (Å²) in [6.07, 6.45) is 2.55. The first-order valence-electron chi connectivity index (χ1n) is 9.60. The molecule has 0 aliphatic heterocycles. The summed E-state index contributed by atoms with van der Waals surface area (Å²) in [7, 11) is 0. The topological polar surface area (TPSA) is 75.5 Å². The average Bonchev–Trinajstić information content (AvgIpc) is 3.08. The van der Waals surface area contributed by atoms with Crippen LogP contribution in [0.25, 0.3) is 5.52 Å². The number of hydrogen-bond acceptors (Lipinski definition) is 3. The number of nitrogens with one attached hydrogen (secondary N) is 2. The standard InChI is InChI=1S/C22H26N4O2/c1-5-15(4)23-22(28)20-25-19(18-8-6-7-13-26(18)20)21(27)24-17-11-9-16(10-12-17)14(2)3/h6-15H,5H2,1-4H3,(H,23,28)(H,24,27). The maximum absolute atomic E-state index is 12.8. The zero-order valence-electron chi connectivity index (χ0n) is 16.7. The zero-order chi connectivity index (χ0) is 20.3. The highest BCUT2D eigenvalue weighted by Crippen LogP contribution is 2.19. The summed E-state index contributed by atoms with van der Waals surface area (Å²) < 4.78 is 1.65. The molecule has 3 aromatic rings. The third-order valence-corrected chi connectivity index (χ3v) is 4.79. The van der Waals surface area contributed by atoms with Crippen molar-refractivity contribution in [2.75, 3.05) is 5.32 Å². The van der Waals surface area contributed by atoms with Crippen LogP contribution in [-0.4, -0.2) is 27.2 Å². The van der Waals surface area contributed by atoms with Gasteiger partial charge < -0.3 is 10.6 Å². The molecule has 2 aromatic heterocycles. The predicted molar refractivity (Wildman–Crippen MR) is 111 cm³/mol. The Balaban J connectivity index is 1.90. The van der Waals surface area contributed by atoms with Crippen molar-refractivity contribution in [1.82, 2.24) is 14.7 Å². The highest BCUT2D eigenvalue weighted by Gasteiger charge is 2.22. The molecule has 0 spiro atoms. The van der Waals surface area contributed by atoms with Crippen molar-refractivity contribution in [1.29, 1.82) is 0 Å². The fraction of sp³-hybridized carbons (Fsp3) is 0.318. The molecule has 2 N–H and O–H groups in total. The van der Waals surface area contributed by atoms with Crippen LogP contribution >= 0.6 is 0 Å². The van der Waals surface area contributed by atoms with Crippen molar-refractivity contribution in [3.05, 3.63) is 65.7 Å². The van der Waals surface area contributed by atoms with Gasteiger partial charge in [0.05, 0.1) is 5.52 Å². The Kier molecular flexibility index (Phi) is 5.78. The van der Waals surface area contributed by atoms with Crippen LogP contribution in [0.2, 0.25) is 0 Å². The molecule has 146 valence electrons. The van der Waals surface area contributed by atoms with Crippen molar-refractivity contribution in [3.8, 4) is 0 Å². The quantitative estimate of drug-likeness (QED) is 0.674. The minimum atomic E-state index is -0.344. The molecule has 2 amide bonds. The summed E-state index contributed by atoms with van der Waals surface area (Å²) >= 11 is 0. The lowest BCUT2D eigenvalue weighted by Gasteiger charge is -2.10. The number of carbonyl (C=O) groups is 2. The summed E-state index contributed by atoms with van der Waals surface area (Å²) in [6.45, 7) is 8.17. The Morgan fingerprint density at radius 3 is 2.39 bits per heavy atom. The van der Waals surface area contributed by atoms with E-state index < -0.39 is 0 Å². The first kappa shape index (κ1) is 19.6. The number of anilines is 1. The second-order valence-electron chi connectivity index (χ2n) is 7.25. The fourth-order valence-corrected chi connectivity index (χ4v) is 2.90. The van der Waals surface area contributed by atoms with Crippen molar-refractivity contribution >= 4 is 23.0 Å². The zero-order valence-corrected chi connectivity index (χ0v) is 16.7. The van der Waals surface area contributed by atoms with E-state index in [-0.39, 0.29) is 29.4 Å². The van der Waals surface area contributed by atoms with Crippen molar-refractivity contribution in [3.63, 3.8) is 0 Å². The summed E-state index contributed by atoms with van der Waals surface area (Å²) in [5.41, 5.74) is 2.71. The number of nitrogens with zero attached hydrogens (tertiary/aromatic N) is 2. The minimum Gasteiger partial charge on any atom is -0.347 e. The van der Waals surface area contributed by atoms with Crippen LogP contribution in [0.4, 0.5) is 5.69 Å². The number of fused-ring (bicyclic) bond motifs is 1. The van der Waals surface area contributed by atoms with Gasteiger partial charge in [-0.25, -0.2) is 4.98 Å². The van der Waals surface area contributed by atoms with Crippen LogP contribution in [0, 0.1) is 0 Å². The van der Waals surface area contributed by atoms with E-state index in [1.807, 2.05) is 44.2 Å². The van der Waals surface area contributed by atoms with E-state index >= 15 is 0 Å². The number of pyridine rings is 1. The molecule has 6 heteroatoms. The van der Waals surface area contributed by atoms with E-state index in [0.29, 0.717) is 17.1 Å². The highest BCUT2D eigenvalue weighted by atomic mass is 16.2. The molecule has 0 radical (unpaired) electrons. The molecule has 0 saturated heterocycles. The summed E-state index contributed by atoms with van der Waals surface area (Å²) in [4.78, 5) is 29.8. The SMILES string of the molecule is CCC(C)NC(=O)c1nc(C(=O)Nc2ccc(C(C)C)cc2)c2ccccn12. The van der Waals surface area contributed by atoms with Crippen LogP contribution in [0.5, 0.6) is 0 Å². The van der Waals surface area contributed by atoms with Gasteiger partial charge in [-0.1, -0.05) is 39.0 Å². The second-order valence-corrected chi connectivity index (χ2v) is 7.25. The lowest BCUT2D eigenvalue weighted by molar-refractivity contribution is 0.0928. The molecule has 0 fully saturated rings. The van der Waals surface area contributed by atoms with Gasteiger partial charge in [0.1, 0.15) is 0 Å². The molecular formula is C22H26N4O2. The third-order valence-electron chi connectivity index (χ3n) is 4.79. The van der Waals surface area contributed by atoms with Gasteiger partial charge in [-0.2, -0.15) is 0 Å². The summed E-state index contributed by atoms with van der Waals surface area (Å²) in [5, 5.41) is 5.78. The van der Waals surface area contributed by atoms with Gasteiger partial charge in [0.15, 0.2) is 5.69 Å². The van der Waals surface area contributed by atoms with Crippen molar-refractivity contribution < 1.29 is 9.59 Å².